The summed E-state index contributed by atoms with van der Waals surface area (Å²) in [5.41, 5.74) is 1.17. The van der Waals surface area contributed by atoms with Gasteiger partial charge >= 0.3 is 0 Å². The maximum Gasteiger partial charge on any atom is 0.253 e. The van der Waals surface area contributed by atoms with Gasteiger partial charge in [-0.15, -0.1) is 5.10 Å². The van der Waals surface area contributed by atoms with E-state index in [1.54, 1.807) is 17.9 Å². The van der Waals surface area contributed by atoms with E-state index < -0.39 is 0 Å². The molecule has 1 saturated heterocycles. The number of likely N-dealkylation sites (tertiary alicyclic amines) is 1. The molecule has 29 heavy (non-hydrogen) atoms. The summed E-state index contributed by atoms with van der Waals surface area (Å²) in [7, 11) is 1.64. The third kappa shape index (κ3) is 3.23. The van der Waals surface area contributed by atoms with Crippen LogP contribution >= 0.6 is 0 Å². The van der Waals surface area contributed by atoms with Crippen molar-refractivity contribution in [1.29, 1.82) is 0 Å². The number of methoxy groups -OCH3 is 1. The number of hydrogen-bond donors (Lipinski definition) is 1. The molecular weight excluding hydrogens is 376 g/mol. The highest BCUT2D eigenvalue weighted by atomic mass is 16.7. The number of hydrogen-bond acceptors (Lipinski definition) is 8. The first-order valence-corrected chi connectivity index (χ1v) is 9.70. The van der Waals surface area contributed by atoms with E-state index in [2.05, 4.69) is 25.4 Å². The van der Waals surface area contributed by atoms with Gasteiger partial charge in [0.2, 0.25) is 6.79 Å². The van der Waals surface area contributed by atoms with Crippen LogP contribution in [0.3, 0.4) is 0 Å². The highest BCUT2D eigenvalue weighted by Gasteiger charge is 2.32. The van der Waals surface area contributed by atoms with Crippen LogP contribution < -0.4 is 15.0 Å². The molecule has 5 rings (SSSR count). The van der Waals surface area contributed by atoms with Gasteiger partial charge in [-0.1, -0.05) is 0 Å². The number of rotatable bonds is 6. The van der Waals surface area contributed by atoms with E-state index in [0.29, 0.717) is 41.6 Å². The van der Waals surface area contributed by atoms with E-state index in [1.165, 1.54) is 0 Å². The first-order valence-electron chi connectivity index (χ1n) is 9.70. The van der Waals surface area contributed by atoms with Crippen LogP contribution in [0.4, 0.5) is 0 Å². The molecule has 0 spiro atoms. The summed E-state index contributed by atoms with van der Waals surface area (Å²) in [6.45, 7) is 2.98. The third-order valence-corrected chi connectivity index (χ3v) is 5.48. The van der Waals surface area contributed by atoms with Crippen LogP contribution in [0.25, 0.3) is 10.9 Å². The Morgan fingerprint density at radius 1 is 1.21 bits per heavy atom. The number of aromatic amines is 1. The van der Waals surface area contributed by atoms with Gasteiger partial charge in [0.25, 0.3) is 5.56 Å². The Bertz CT molecular complexity index is 1090. The number of H-pyrrole nitrogens is 1. The van der Waals surface area contributed by atoms with Crippen LogP contribution in [0, 0.1) is 0 Å². The summed E-state index contributed by atoms with van der Waals surface area (Å²) in [6.07, 6.45) is 2.17. The topological polar surface area (TPSA) is 107 Å². The maximum atomic E-state index is 13.1. The van der Waals surface area contributed by atoms with Crippen LogP contribution in [-0.4, -0.2) is 63.7 Å². The van der Waals surface area contributed by atoms with Gasteiger partial charge in [-0.05, 0) is 48.5 Å². The zero-order valence-electron chi connectivity index (χ0n) is 16.1. The van der Waals surface area contributed by atoms with E-state index in [4.69, 9.17) is 14.2 Å². The molecular formula is C19H22N6O4. The number of fused-ring (bicyclic) bond motifs is 2. The van der Waals surface area contributed by atoms with Crippen LogP contribution in [0.1, 0.15) is 30.3 Å². The minimum atomic E-state index is -0.331. The number of pyridine rings is 1. The fourth-order valence-corrected chi connectivity index (χ4v) is 4.06. The van der Waals surface area contributed by atoms with E-state index in [9.17, 15) is 4.79 Å². The number of tetrazole rings is 1. The number of aromatic nitrogens is 5. The second-order valence-electron chi connectivity index (χ2n) is 7.25. The average Bonchev–Trinajstić information content (AvgIpc) is 3.48. The Kier molecular flexibility index (Phi) is 4.64. The molecule has 0 amide bonds. The number of nitrogens with one attached hydrogen (secondary N) is 1. The summed E-state index contributed by atoms with van der Waals surface area (Å²) >= 11 is 0. The first kappa shape index (κ1) is 18.1. The van der Waals surface area contributed by atoms with Crippen molar-refractivity contribution in [2.75, 3.05) is 33.6 Å². The fraction of sp³-hybridized carbons (Fsp3) is 0.474. The smallest absolute Gasteiger partial charge is 0.253 e. The van der Waals surface area contributed by atoms with Crippen molar-refractivity contribution in [2.24, 2.45) is 0 Å². The van der Waals surface area contributed by atoms with E-state index in [0.717, 1.165) is 31.3 Å². The zero-order chi connectivity index (χ0) is 19.8. The molecule has 3 aromatic rings. The molecule has 4 heterocycles. The highest BCUT2D eigenvalue weighted by molar-refractivity contribution is 5.83. The molecule has 0 aliphatic carbocycles. The fourth-order valence-electron chi connectivity index (χ4n) is 4.06. The lowest BCUT2D eigenvalue weighted by Crippen LogP contribution is -2.33. The lowest BCUT2D eigenvalue weighted by Gasteiger charge is -2.26. The Morgan fingerprint density at radius 3 is 2.79 bits per heavy atom. The van der Waals surface area contributed by atoms with Crippen molar-refractivity contribution in [3.63, 3.8) is 0 Å². The molecule has 2 aromatic heterocycles. The highest BCUT2D eigenvalue weighted by Crippen LogP contribution is 2.36. The summed E-state index contributed by atoms with van der Waals surface area (Å²) < 4.78 is 17.8. The van der Waals surface area contributed by atoms with Gasteiger partial charge in [-0.2, -0.15) is 0 Å². The molecule has 0 radical (unpaired) electrons. The normalized spacial score (nSPS) is 17.3. The van der Waals surface area contributed by atoms with Gasteiger partial charge in [0.05, 0.1) is 18.7 Å². The molecule has 10 heteroatoms. The number of ether oxygens (including phenoxy) is 3. The van der Waals surface area contributed by atoms with Crippen molar-refractivity contribution in [1.82, 2.24) is 30.1 Å². The van der Waals surface area contributed by atoms with Crippen molar-refractivity contribution in [3.8, 4) is 11.5 Å². The SMILES string of the molecule is COCCn1nnnc1[C@@H](c1cc2cc3c(cc2[nH]c1=O)OCO3)N1CCCC1. The predicted molar refractivity (Wildman–Crippen MR) is 103 cm³/mol. The van der Waals surface area contributed by atoms with Crippen LogP contribution in [0.15, 0.2) is 23.0 Å². The lowest BCUT2D eigenvalue weighted by molar-refractivity contribution is 0.174. The first-order chi connectivity index (χ1) is 14.2. The molecule has 152 valence electrons. The standard InChI is InChI=1S/C19H22N6O4/c1-27-7-6-25-18(21-22-23-25)17(24-4-2-3-5-24)13-8-12-9-15-16(29-11-28-15)10-14(12)20-19(13)26/h8-10,17H,2-7,11H2,1H3,(H,20,26)/t17-/m1/s1. The third-order valence-electron chi connectivity index (χ3n) is 5.48. The monoisotopic (exact) mass is 398 g/mol. The van der Waals surface area contributed by atoms with Gasteiger partial charge in [0, 0.05) is 24.1 Å². The largest absolute Gasteiger partial charge is 0.454 e. The lowest BCUT2D eigenvalue weighted by atomic mass is 10.0. The van der Waals surface area contributed by atoms with Gasteiger partial charge in [-0.3, -0.25) is 9.69 Å². The minimum absolute atomic E-state index is 0.158. The van der Waals surface area contributed by atoms with Crippen molar-refractivity contribution in [2.45, 2.75) is 25.4 Å². The molecule has 0 saturated carbocycles. The van der Waals surface area contributed by atoms with Gasteiger partial charge < -0.3 is 19.2 Å². The molecule has 1 N–H and O–H groups in total. The summed E-state index contributed by atoms with van der Waals surface area (Å²) in [6, 6.07) is 5.28. The molecule has 10 nitrogen and oxygen atoms in total. The maximum absolute atomic E-state index is 13.1. The van der Waals surface area contributed by atoms with Crippen molar-refractivity contribution >= 4 is 10.9 Å². The molecule has 2 aliphatic heterocycles. The number of nitrogens with zero attached hydrogens (tertiary/aromatic N) is 5. The Morgan fingerprint density at radius 2 is 2.00 bits per heavy atom. The van der Waals surface area contributed by atoms with Crippen LogP contribution in [0.5, 0.6) is 11.5 Å². The average molecular weight is 398 g/mol. The Hall–Kier alpha value is -2.98. The zero-order valence-corrected chi connectivity index (χ0v) is 16.1. The second-order valence-corrected chi connectivity index (χ2v) is 7.25. The van der Waals surface area contributed by atoms with Gasteiger partial charge in [0.1, 0.15) is 6.04 Å². The second kappa shape index (κ2) is 7.45. The summed E-state index contributed by atoms with van der Waals surface area (Å²) in [5, 5.41) is 13.1. The van der Waals surface area contributed by atoms with Crippen LogP contribution in [-0.2, 0) is 11.3 Å². The molecule has 1 fully saturated rings. The molecule has 0 unspecified atom stereocenters. The van der Waals surface area contributed by atoms with E-state index in [1.807, 2.05) is 12.1 Å². The van der Waals surface area contributed by atoms with Gasteiger partial charge in [0.15, 0.2) is 17.3 Å². The molecule has 1 aromatic carbocycles. The molecule has 2 aliphatic rings. The van der Waals surface area contributed by atoms with Crippen molar-refractivity contribution < 1.29 is 14.2 Å². The van der Waals surface area contributed by atoms with E-state index >= 15 is 0 Å². The minimum Gasteiger partial charge on any atom is -0.454 e. The van der Waals surface area contributed by atoms with Gasteiger partial charge in [-0.25, -0.2) is 4.68 Å². The Labute approximate surface area is 166 Å². The number of benzene rings is 1. The van der Waals surface area contributed by atoms with E-state index in [-0.39, 0.29) is 18.4 Å². The quantitative estimate of drug-likeness (QED) is 0.657. The summed E-state index contributed by atoms with van der Waals surface area (Å²) in [5.74, 6) is 1.97. The Balaban J connectivity index is 1.63. The van der Waals surface area contributed by atoms with Crippen LogP contribution in [0.2, 0.25) is 0 Å². The molecule has 0 bridgehead atoms. The summed E-state index contributed by atoms with van der Waals surface area (Å²) in [4.78, 5) is 18.4. The molecule has 1 atom stereocenters. The predicted octanol–water partition coefficient (Wildman–Crippen LogP) is 1.07. The van der Waals surface area contributed by atoms with Crippen molar-refractivity contribution in [3.05, 3.63) is 39.9 Å².